The zero-order chi connectivity index (χ0) is 34.0. The lowest BCUT2D eigenvalue weighted by molar-refractivity contribution is -0.150. The van der Waals surface area contributed by atoms with Crippen molar-refractivity contribution in [2.75, 3.05) is 13.4 Å². The maximum Gasteiger partial charge on any atom is 0.191 e. The number of carbonyl (C=O) groups is 3. The van der Waals surface area contributed by atoms with Crippen molar-refractivity contribution < 1.29 is 33.3 Å². The molecule has 9 atom stereocenters. The summed E-state index contributed by atoms with van der Waals surface area (Å²) >= 11 is 0. The Morgan fingerprint density at radius 1 is 0.898 bits per heavy atom. The highest BCUT2D eigenvalue weighted by molar-refractivity contribution is 6.14. The van der Waals surface area contributed by atoms with E-state index in [0.29, 0.717) is 43.7 Å². The van der Waals surface area contributed by atoms with E-state index < -0.39 is 28.5 Å². The normalized spacial score (nSPS) is 40.9. The van der Waals surface area contributed by atoms with Crippen molar-refractivity contribution in [3.8, 4) is 0 Å². The average molecular weight is 663 g/mol. The number of hydrogen-bond donors (Lipinski definition) is 0. The molecule has 2 aliphatic heterocycles. The fourth-order valence-corrected chi connectivity index (χ4v) is 12.4. The van der Waals surface area contributed by atoms with Gasteiger partial charge in [0.2, 0.25) is 0 Å². The molecule has 2 aromatic rings. The van der Waals surface area contributed by atoms with Crippen LogP contribution >= 0.6 is 0 Å². The molecule has 0 unspecified atom stereocenters. The first kappa shape index (κ1) is 31.7. The summed E-state index contributed by atoms with van der Waals surface area (Å²) in [5.41, 5.74) is 1.74. The molecule has 256 valence electrons. The number of ether oxygens (including phenoxy) is 4. The SMILES string of the molecule is C=C1[C@@]23C4=C(CC[C@@]2(C)[C@]1([C@@H]1C[C@H]1COCc1ccccc1)C[C@@H]3OCOCc1ccccc1)C(=O)[C@]12CC(=O)[C@H](O1)C(C)(C)[C@H]2C(=O)C4. The van der Waals surface area contributed by atoms with Crippen LogP contribution in [0, 0.1) is 39.4 Å². The van der Waals surface area contributed by atoms with E-state index in [2.05, 4.69) is 19.1 Å². The molecule has 7 nitrogen and oxygen atoms in total. The smallest absolute Gasteiger partial charge is 0.191 e. The van der Waals surface area contributed by atoms with E-state index in [1.807, 2.05) is 62.4 Å². The summed E-state index contributed by atoms with van der Waals surface area (Å²) in [4.78, 5) is 42.5. The van der Waals surface area contributed by atoms with Crippen molar-refractivity contribution in [3.05, 3.63) is 95.1 Å². The van der Waals surface area contributed by atoms with E-state index in [9.17, 15) is 14.4 Å². The first-order chi connectivity index (χ1) is 23.5. The molecule has 0 radical (unpaired) electrons. The molecule has 7 heteroatoms. The summed E-state index contributed by atoms with van der Waals surface area (Å²) in [6.45, 7) is 12.9. The van der Waals surface area contributed by atoms with E-state index in [0.717, 1.165) is 36.0 Å². The summed E-state index contributed by atoms with van der Waals surface area (Å²) in [6, 6.07) is 20.3. The van der Waals surface area contributed by atoms with Gasteiger partial charge in [0, 0.05) is 29.1 Å². The molecule has 8 aliphatic rings. The van der Waals surface area contributed by atoms with Gasteiger partial charge in [-0.05, 0) is 65.2 Å². The Bertz CT molecular complexity index is 1790. The van der Waals surface area contributed by atoms with Crippen LogP contribution in [-0.4, -0.2) is 48.6 Å². The second-order valence-electron chi connectivity index (χ2n) is 16.7. The van der Waals surface area contributed by atoms with Crippen molar-refractivity contribution >= 4 is 17.3 Å². The van der Waals surface area contributed by atoms with Gasteiger partial charge in [-0.2, -0.15) is 0 Å². The third kappa shape index (κ3) is 3.91. The van der Waals surface area contributed by atoms with E-state index in [-0.39, 0.29) is 53.9 Å². The molecule has 0 aromatic heterocycles. The van der Waals surface area contributed by atoms with Gasteiger partial charge >= 0.3 is 0 Å². The molecule has 4 bridgehead atoms. The lowest BCUT2D eigenvalue weighted by Crippen LogP contribution is -2.65. The highest BCUT2D eigenvalue weighted by atomic mass is 16.7. The van der Waals surface area contributed by atoms with Crippen LogP contribution < -0.4 is 0 Å². The molecule has 49 heavy (non-hydrogen) atoms. The molecule has 2 heterocycles. The van der Waals surface area contributed by atoms with E-state index in [4.69, 9.17) is 25.5 Å². The number of rotatable bonds is 10. The molecule has 10 rings (SSSR count). The molecule has 6 fully saturated rings. The largest absolute Gasteiger partial charge is 0.376 e. The number of fused-ring (bicyclic) bond motifs is 2. The Hall–Kier alpha value is -3.23. The van der Waals surface area contributed by atoms with Crippen molar-refractivity contribution in [2.45, 2.75) is 90.3 Å². The Morgan fingerprint density at radius 2 is 1.57 bits per heavy atom. The highest BCUT2D eigenvalue weighted by Gasteiger charge is 2.88. The van der Waals surface area contributed by atoms with Gasteiger partial charge in [-0.3, -0.25) is 14.4 Å². The predicted octanol–water partition coefficient (Wildman–Crippen LogP) is 6.74. The summed E-state index contributed by atoms with van der Waals surface area (Å²) in [5, 5.41) is 0. The molecule has 4 saturated carbocycles. The number of hydrogen-bond acceptors (Lipinski definition) is 7. The monoisotopic (exact) mass is 662 g/mol. The van der Waals surface area contributed by atoms with Crippen LogP contribution in [0.1, 0.15) is 70.4 Å². The molecular formula is C42H46O7. The predicted molar refractivity (Wildman–Crippen MR) is 181 cm³/mol. The van der Waals surface area contributed by atoms with Crippen LogP contribution in [0.4, 0.5) is 0 Å². The Morgan fingerprint density at radius 3 is 2.27 bits per heavy atom. The Kier molecular flexibility index (Phi) is 6.89. The first-order valence-corrected chi connectivity index (χ1v) is 18.1. The molecule has 2 saturated heterocycles. The summed E-state index contributed by atoms with van der Waals surface area (Å²) in [6.07, 6.45) is 2.39. The van der Waals surface area contributed by atoms with Crippen molar-refractivity contribution in [1.82, 2.24) is 0 Å². The van der Waals surface area contributed by atoms with Crippen molar-refractivity contribution in [2.24, 2.45) is 39.4 Å². The number of carbonyl (C=O) groups excluding carboxylic acids is 3. The summed E-state index contributed by atoms with van der Waals surface area (Å²) in [7, 11) is 0. The highest BCUT2D eigenvalue weighted by Crippen LogP contribution is 2.91. The second-order valence-corrected chi connectivity index (χ2v) is 16.7. The zero-order valence-corrected chi connectivity index (χ0v) is 28.8. The van der Waals surface area contributed by atoms with Crippen LogP contribution in [-0.2, 0) is 46.5 Å². The molecule has 2 aromatic carbocycles. The van der Waals surface area contributed by atoms with Crippen molar-refractivity contribution in [3.63, 3.8) is 0 Å². The third-order valence-electron chi connectivity index (χ3n) is 14.3. The maximum absolute atomic E-state index is 14.8. The fraction of sp³-hybridized carbons (Fsp3) is 0.548. The lowest BCUT2D eigenvalue weighted by atomic mass is 9.33. The van der Waals surface area contributed by atoms with Gasteiger partial charge in [-0.15, -0.1) is 0 Å². The minimum atomic E-state index is -1.39. The van der Waals surface area contributed by atoms with Gasteiger partial charge in [0.25, 0.3) is 0 Å². The lowest BCUT2D eigenvalue weighted by Gasteiger charge is -2.69. The molecular weight excluding hydrogens is 616 g/mol. The van der Waals surface area contributed by atoms with Gasteiger partial charge in [0.1, 0.15) is 24.3 Å². The van der Waals surface area contributed by atoms with E-state index in [1.165, 1.54) is 5.56 Å². The number of Topliss-reactive ketones (excluding diaryl/α,β-unsaturated/α-hetero) is 3. The quantitative estimate of drug-likeness (QED) is 0.158. The zero-order valence-electron chi connectivity index (χ0n) is 28.8. The molecule has 6 aliphatic carbocycles. The first-order valence-electron chi connectivity index (χ1n) is 18.1. The van der Waals surface area contributed by atoms with E-state index in [1.54, 1.807) is 0 Å². The minimum Gasteiger partial charge on any atom is -0.376 e. The van der Waals surface area contributed by atoms with Crippen LogP contribution in [0.3, 0.4) is 0 Å². The van der Waals surface area contributed by atoms with Gasteiger partial charge in [-0.1, -0.05) is 93.6 Å². The van der Waals surface area contributed by atoms with Gasteiger partial charge < -0.3 is 18.9 Å². The van der Waals surface area contributed by atoms with E-state index >= 15 is 0 Å². The van der Waals surface area contributed by atoms with Gasteiger partial charge in [-0.25, -0.2) is 0 Å². The summed E-state index contributed by atoms with van der Waals surface area (Å²) in [5.74, 6) is -0.0289. The van der Waals surface area contributed by atoms with Crippen LogP contribution in [0.5, 0.6) is 0 Å². The topological polar surface area (TPSA) is 88.1 Å². The Labute approximate surface area is 288 Å². The molecule has 0 N–H and O–H groups in total. The minimum absolute atomic E-state index is 0.00635. The standard InChI is InChI=1S/C42H46O7/c1-25-40(30-17-28(30)23-46-21-26-11-7-5-8-12-26)20-34(48-24-47-22-27-13-9-6-10-14-27)42(25)31-18-32(43)35-38(2,3)37-33(44)19-41(35,49-37)36(45)29(31)15-16-39(40,42)4/h5-14,28,30,34-35,37H,1,15-24H2,2-4H3/t28-,30+,34-,35+,37-,39-,40+,41+,42-/m0/s1. The van der Waals surface area contributed by atoms with Gasteiger partial charge in [0.15, 0.2) is 11.6 Å². The van der Waals surface area contributed by atoms with Crippen LogP contribution in [0.15, 0.2) is 84.0 Å². The third-order valence-corrected chi connectivity index (χ3v) is 14.3. The molecule has 0 amide bonds. The average Bonchev–Trinajstić information content (AvgIpc) is 3.51. The van der Waals surface area contributed by atoms with Crippen molar-refractivity contribution in [1.29, 1.82) is 0 Å². The summed E-state index contributed by atoms with van der Waals surface area (Å²) < 4.78 is 25.5. The second kappa shape index (κ2) is 10.6. The number of benzene rings is 2. The maximum atomic E-state index is 14.8. The Balaban J connectivity index is 1.05. The molecule has 2 spiro atoms. The number of ketones is 3. The van der Waals surface area contributed by atoms with Crippen LogP contribution in [0.2, 0.25) is 0 Å². The van der Waals surface area contributed by atoms with Gasteiger partial charge in [0.05, 0.1) is 31.8 Å². The van der Waals surface area contributed by atoms with Crippen LogP contribution in [0.25, 0.3) is 0 Å². The fourth-order valence-electron chi connectivity index (χ4n) is 12.4.